The molecule has 0 bridgehead atoms. The lowest BCUT2D eigenvalue weighted by Gasteiger charge is -2.29. The molecule has 0 saturated carbocycles. The summed E-state index contributed by atoms with van der Waals surface area (Å²) in [6, 6.07) is 10.3. The normalized spacial score (nSPS) is 13.9. The van der Waals surface area contributed by atoms with E-state index in [-0.39, 0.29) is 11.7 Å². The van der Waals surface area contributed by atoms with Crippen molar-refractivity contribution in [1.29, 1.82) is 0 Å². The van der Waals surface area contributed by atoms with E-state index in [2.05, 4.69) is 38.2 Å². The topological polar surface area (TPSA) is 21.3 Å². The zero-order valence-electron chi connectivity index (χ0n) is 10.1. The maximum Gasteiger partial charge on any atom is 0.0804 e. The summed E-state index contributed by atoms with van der Waals surface area (Å²) < 4.78 is 6.00. The van der Waals surface area contributed by atoms with Gasteiger partial charge in [0.25, 0.3) is 0 Å². The molecule has 15 heavy (non-hydrogen) atoms. The van der Waals surface area contributed by atoms with E-state index in [0.717, 1.165) is 6.54 Å². The van der Waals surface area contributed by atoms with Crippen LogP contribution in [0.4, 0.5) is 0 Å². The standard InChI is InChI=1S/C13H21NO/c1-11(12-8-6-5-7-9-12)15-13(2,3)10-14-4/h5-9,11,14H,10H2,1-4H3. The van der Waals surface area contributed by atoms with Crippen molar-refractivity contribution in [3.8, 4) is 0 Å². The van der Waals surface area contributed by atoms with Crippen LogP contribution in [0.5, 0.6) is 0 Å². The van der Waals surface area contributed by atoms with Gasteiger partial charge in [-0.15, -0.1) is 0 Å². The third kappa shape index (κ3) is 4.02. The fourth-order valence-corrected chi connectivity index (χ4v) is 1.74. The molecule has 2 nitrogen and oxygen atoms in total. The fraction of sp³-hybridized carbons (Fsp3) is 0.538. The molecule has 0 radical (unpaired) electrons. The summed E-state index contributed by atoms with van der Waals surface area (Å²) in [6.45, 7) is 7.14. The van der Waals surface area contributed by atoms with Gasteiger partial charge in [0.2, 0.25) is 0 Å². The van der Waals surface area contributed by atoms with E-state index in [4.69, 9.17) is 4.74 Å². The van der Waals surface area contributed by atoms with Crippen molar-refractivity contribution in [3.63, 3.8) is 0 Å². The summed E-state index contributed by atoms with van der Waals surface area (Å²) in [5, 5.41) is 3.14. The Bertz CT molecular complexity index is 282. The van der Waals surface area contributed by atoms with Crippen LogP contribution in [0, 0.1) is 0 Å². The zero-order valence-corrected chi connectivity index (χ0v) is 10.1. The Kier molecular flexibility index (Phi) is 4.30. The maximum atomic E-state index is 6.00. The molecule has 1 unspecified atom stereocenters. The third-order valence-corrected chi connectivity index (χ3v) is 2.37. The summed E-state index contributed by atoms with van der Waals surface area (Å²) >= 11 is 0. The van der Waals surface area contributed by atoms with Crippen molar-refractivity contribution in [2.24, 2.45) is 0 Å². The smallest absolute Gasteiger partial charge is 0.0804 e. The Hall–Kier alpha value is -0.860. The van der Waals surface area contributed by atoms with Crippen LogP contribution in [0.3, 0.4) is 0 Å². The molecule has 1 aromatic rings. The van der Waals surface area contributed by atoms with E-state index in [0.29, 0.717) is 0 Å². The summed E-state index contributed by atoms with van der Waals surface area (Å²) in [5.74, 6) is 0. The molecule has 0 saturated heterocycles. The Balaban J connectivity index is 2.59. The molecular weight excluding hydrogens is 186 g/mol. The lowest BCUT2D eigenvalue weighted by Crippen LogP contribution is -2.36. The predicted octanol–water partition coefficient (Wildman–Crippen LogP) is 2.76. The van der Waals surface area contributed by atoms with Crippen LogP contribution in [0.1, 0.15) is 32.4 Å². The van der Waals surface area contributed by atoms with Gasteiger partial charge in [0, 0.05) is 6.54 Å². The highest BCUT2D eigenvalue weighted by molar-refractivity contribution is 5.17. The molecule has 2 heteroatoms. The second-order valence-corrected chi connectivity index (χ2v) is 4.46. The van der Waals surface area contributed by atoms with Crippen LogP contribution < -0.4 is 5.32 Å². The van der Waals surface area contributed by atoms with Crippen LogP contribution in [0.2, 0.25) is 0 Å². The molecule has 84 valence electrons. The maximum absolute atomic E-state index is 6.00. The van der Waals surface area contributed by atoms with E-state index in [1.54, 1.807) is 0 Å². The molecule has 0 aliphatic rings. The fourth-order valence-electron chi connectivity index (χ4n) is 1.74. The second kappa shape index (κ2) is 5.29. The average Bonchev–Trinajstić information content (AvgIpc) is 2.18. The van der Waals surface area contributed by atoms with Crippen molar-refractivity contribution >= 4 is 0 Å². The minimum atomic E-state index is -0.135. The molecule has 0 spiro atoms. The summed E-state index contributed by atoms with van der Waals surface area (Å²) in [4.78, 5) is 0. The highest BCUT2D eigenvalue weighted by Gasteiger charge is 2.21. The monoisotopic (exact) mass is 207 g/mol. The first kappa shape index (κ1) is 12.2. The van der Waals surface area contributed by atoms with Crippen molar-refractivity contribution in [2.75, 3.05) is 13.6 Å². The number of likely N-dealkylation sites (N-methyl/N-ethyl adjacent to an activating group) is 1. The van der Waals surface area contributed by atoms with Gasteiger partial charge in [0.1, 0.15) is 0 Å². The van der Waals surface area contributed by atoms with Crippen molar-refractivity contribution in [1.82, 2.24) is 5.32 Å². The molecular formula is C13H21NO. The van der Waals surface area contributed by atoms with E-state index >= 15 is 0 Å². The molecule has 1 rings (SSSR count). The van der Waals surface area contributed by atoms with Crippen LogP contribution in [0.25, 0.3) is 0 Å². The molecule has 1 atom stereocenters. The molecule has 0 fully saturated rings. The minimum Gasteiger partial charge on any atom is -0.367 e. The van der Waals surface area contributed by atoms with Gasteiger partial charge in [0.15, 0.2) is 0 Å². The van der Waals surface area contributed by atoms with Crippen LogP contribution in [0.15, 0.2) is 30.3 Å². The Morgan fingerprint density at radius 3 is 2.40 bits per heavy atom. The summed E-state index contributed by atoms with van der Waals surface area (Å²) in [6.07, 6.45) is 0.134. The average molecular weight is 207 g/mol. The van der Waals surface area contributed by atoms with Gasteiger partial charge in [-0.05, 0) is 33.4 Å². The van der Waals surface area contributed by atoms with Crippen LogP contribution in [-0.2, 0) is 4.74 Å². The number of benzene rings is 1. The zero-order chi connectivity index (χ0) is 11.3. The Morgan fingerprint density at radius 1 is 1.27 bits per heavy atom. The highest BCUT2D eigenvalue weighted by Crippen LogP contribution is 2.22. The number of rotatable bonds is 5. The van der Waals surface area contributed by atoms with Crippen LogP contribution >= 0.6 is 0 Å². The lowest BCUT2D eigenvalue weighted by molar-refractivity contribution is -0.0628. The molecule has 0 aromatic heterocycles. The number of ether oxygens (including phenoxy) is 1. The molecule has 0 amide bonds. The first-order valence-corrected chi connectivity index (χ1v) is 5.42. The molecule has 0 heterocycles. The van der Waals surface area contributed by atoms with E-state index in [1.807, 2.05) is 25.2 Å². The Labute approximate surface area is 92.6 Å². The predicted molar refractivity (Wildman–Crippen MR) is 63.9 cm³/mol. The van der Waals surface area contributed by atoms with Crippen LogP contribution in [-0.4, -0.2) is 19.2 Å². The van der Waals surface area contributed by atoms with E-state index < -0.39 is 0 Å². The van der Waals surface area contributed by atoms with E-state index in [9.17, 15) is 0 Å². The summed E-state index contributed by atoms with van der Waals surface area (Å²) in [5.41, 5.74) is 1.09. The largest absolute Gasteiger partial charge is 0.367 e. The molecule has 0 aliphatic heterocycles. The minimum absolute atomic E-state index is 0.134. The van der Waals surface area contributed by atoms with E-state index in [1.165, 1.54) is 5.56 Å². The van der Waals surface area contributed by atoms with Gasteiger partial charge < -0.3 is 10.1 Å². The first-order valence-electron chi connectivity index (χ1n) is 5.42. The lowest BCUT2D eigenvalue weighted by atomic mass is 10.1. The van der Waals surface area contributed by atoms with Gasteiger partial charge in [-0.3, -0.25) is 0 Å². The number of hydrogen-bond donors (Lipinski definition) is 1. The molecule has 1 aromatic carbocycles. The van der Waals surface area contributed by atoms with Gasteiger partial charge in [0.05, 0.1) is 11.7 Å². The first-order chi connectivity index (χ1) is 7.05. The van der Waals surface area contributed by atoms with Gasteiger partial charge in [-0.25, -0.2) is 0 Å². The number of nitrogens with one attached hydrogen (secondary N) is 1. The van der Waals surface area contributed by atoms with Crippen molar-refractivity contribution in [2.45, 2.75) is 32.5 Å². The SMILES string of the molecule is CNCC(C)(C)OC(C)c1ccccc1. The second-order valence-electron chi connectivity index (χ2n) is 4.46. The highest BCUT2D eigenvalue weighted by atomic mass is 16.5. The third-order valence-electron chi connectivity index (χ3n) is 2.37. The van der Waals surface area contributed by atoms with Gasteiger partial charge in [-0.1, -0.05) is 30.3 Å². The number of hydrogen-bond acceptors (Lipinski definition) is 2. The van der Waals surface area contributed by atoms with Crippen molar-refractivity contribution in [3.05, 3.63) is 35.9 Å². The molecule has 0 aliphatic carbocycles. The summed E-state index contributed by atoms with van der Waals surface area (Å²) in [7, 11) is 1.94. The quantitative estimate of drug-likeness (QED) is 0.801. The molecule has 1 N–H and O–H groups in total. The van der Waals surface area contributed by atoms with Gasteiger partial charge >= 0.3 is 0 Å². The van der Waals surface area contributed by atoms with Crippen molar-refractivity contribution < 1.29 is 4.74 Å². The Morgan fingerprint density at radius 2 is 1.87 bits per heavy atom. The van der Waals surface area contributed by atoms with Gasteiger partial charge in [-0.2, -0.15) is 0 Å².